The van der Waals surface area contributed by atoms with E-state index < -0.39 is 0 Å². The minimum atomic E-state index is 0.509. The maximum Gasteiger partial charge on any atom is 0.121 e. The van der Waals surface area contributed by atoms with Gasteiger partial charge in [-0.25, -0.2) is 0 Å². The number of methoxy groups -OCH3 is 1. The molecule has 102 valence electrons. The smallest absolute Gasteiger partial charge is 0.121 e. The van der Waals surface area contributed by atoms with Crippen LogP contribution < -0.4 is 10.1 Å². The third-order valence-electron chi connectivity index (χ3n) is 2.88. The number of benzene rings is 1. The standard InChI is InChI=1S/C15H14ClN3O/c1-9-6-14(12(8-17)10(2)18-9)19-15-7-11(20-3)4-5-13(15)16/h4-7H,1-3H3,(H,18,19). The van der Waals surface area contributed by atoms with Gasteiger partial charge < -0.3 is 10.1 Å². The molecule has 0 unspecified atom stereocenters. The van der Waals surface area contributed by atoms with Crippen LogP contribution in [0.25, 0.3) is 0 Å². The second-order valence-electron chi connectivity index (χ2n) is 4.35. The number of hydrogen-bond acceptors (Lipinski definition) is 4. The number of anilines is 2. The molecule has 0 atom stereocenters. The molecule has 4 nitrogen and oxygen atoms in total. The molecular weight excluding hydrogens is 274 g/mol. The zero-order valence-corrected chi connectivity index (χ0v) is 12.2. The van der Waals surface area contributed by atoms with E-state index in [1.807, 2.05) is 19.9 Å². The van der Waals surface area contributed by atoms with Crippen molar-refractivity contribution in [2.45, 2.75) is 13.8 Å². The van der Waals surface area contributed by atoms with E-state index in [-0.39, 0.29) is 0 Å². The SMILES string of the molecule is COc1ccc(Cl)c(Nc2cc(C)nc(C)c2C#N)c1. The van der Waals surface area contributed by atoms with Gasteiger partial charge in [-0.2, -0.15) is 5.26 Å². The van der Waals surface area contributed by atoms with Crippen LogP contribution >= 0.6 is 11.6 Å². The van der Waals surface area contributed by atoms with Gasteiger partial charge in [0.05, 0.1) is 34.8 Å². The Hall–Kier alpha value is -2.25. The second kappa shape index (κ2) is 5.81. The lowest BCUT2D eigenvalue weighted by Gasteiger charge is -2.13. The molecule has 2 rings (SSSR count). The molecule has 0 amide bonds. The molecule has 1 aromatic carbocycles. The van der Waals surface area contributed by atoms with E-state index in [0.29, 0.717) is 33.4 Å². The molecule has 1 aromatic heterocycles. The fourth-order valence-corrected chi connectivity index (χ4v) is 2.11. The topological polar surface area (TPSA) is 57.9 Å². The molecule has 1 heterocycles. The average molecular weight is 288 g/mol. The monoisotopic (exact) mass is 287 g/mol. The Morgan fingerprint density at radius 3 is 2.65 bits per heavy atom. The number of rotatable bonds is 3. The zero-order chi connectivity index (χ0) is 14.7. The predicted molar refractivity (Wildman–Crippen MR) is 79.7 cm³/mol. The van der Waals surface area contributed by atoms with E-state index in [2.05, 4.69) is 16.4 Å². The van der Waals surface area contributed by atoms with E-state index in [1.165, 1.54) is 0 Å². The molecular formula is C15H14ClN3O. The Morgan fingerprint density at radius 1 is 1.25 bits per heavy atom. The summed E-state index contributed by atoms with van der Waals surface area (Å²) in [6, 6.07) is 9.29. The maximum atomic E-state index is 9.25. The van der Waals surface area contributed by atoms with Crippen molar-refractivity contribution in [3.05, 3.63) is 46.2 Å². The molecule has 1 N–H and O–H groups in total. The molecule has 0 saturated carbocycles. The summed E-state index contributed by atoms with van der Waals surface area (Å²) in [6.45, 7) is 3.69. The van der Waals surface area contributed by atoms with Crippen LogP contribution in [-0.4, -0.2) is 12.1 Å². The number of aryl methyl sites for hydroxylation is 2. The first kappa shape index (κ1) is 14.2. The van der Waals surface area contributed by atoms with Crippen molar-refractivity contribution < 1.29 is 4.74 Å². The van der Waals surface area contributed by atoms with Crippen LogP contribution in [0, 0.1) is 25.2 Å². The Kier molecular flexibility index (Phi) is 4.11. The van der Waals surface area contributed by atoms with Gasteiger partial charge >= 0.3 is 0 Å². The van der Waals surface area contributed by atoms with Gasteiger partial charge in [0.25, 0.3) is 0 Å². The van der Waals surface area contributed by atoms with Crippen LogP contribution in [0.2, 0.25) is 5.02 Å². The minimum absolute atomic E-state index is 0.509. The van der Waals surface area contributed by atoms with Crippen molar-refractivity contribution in [2.75, 3.05) is 12.4 Å². The molecule has 0 fully saturated rings. The lowest BCUT2D eigenvalue weighted by Crippen LogP contribution is -2.00. The Bertz CT molecular complexity index is 692. The largest absolute Gasteiger partial charge is 0.497 e. The van der Waals surface area contributed by atoms with E-state index in [0.717, 1.165) is 5.69 Å². The zero-order valence-electron chi connectivity index (χ0n) is 11.5. The van der Waals surface area contributed by atoms with Crippen LogP contribution in [-0.2, 0) is 0 Å². The van der Waals surface area contributed by atoms with Crippen molar-refractivity contribution in [2.24, 2.45) is 0 Å². The number of ether oxygens (including phenoxy) is 1. The van der Waals surface area contributed by atoms with Gasteiger partial charge in [-0.05, 0) is 32.0 Å². The number of nitrogens with zero attached hydrogens (tertiary/aromatic N) is 2. The van der Waals surface area contributed by atoms with Gasteiger partial charge in [-0.3, -0.25) is 4.98 Å². The Morgan fingerprint density at radius 2 is 2.00 bits per heavy atom. The van der Waals surface area contributed by atoms with Crippen LogP contribution in [0.3, 0.4) is 0 Å². The normalized spacial score (nSPS) is 9.95. The van der Waals surface area contributed by atoms with Crippen molar-refractivity contribution >= 4 is 23.0 Å². The summed E-state index contributed by atoms with van der Waals surface area (Å²) < 4.78 is 5.18. The van der Waals surface area contributed by atoms with Gasteiger partial charge in [0, 0.05) is 11.8 Å². The molecule has 2 aromatic rings. The average Bonchev–Trinajstić information content (AvgIpc) is 2.41. The molecule has 0 aliphatic carbocycles. The van der Waals surface area contributed by atoms with Crippen LogP contribution in [0.5, 0.6) is 5.75 Å². The number of pyridine rings is 1. The van der Waals surface area contributed by atoms with Crippen LogP contribution in [0.1, 0.15) is 17.0 Å². The number of halogens is 1. The van der Waals surface area contributed by atoms with Gasteiger partial charge in [0.15, 0.2) is 0 Å². The Balaban J connectivity index is 2.47. The highest BCUT2D eigenvalue weighted by molar-refractivity contribution is 6.33. The predicted octanol–water partition coefficient (Wildman–Crippen LogP) is 3.98. The van der Waals surface area contributed by atoms with Crippen molar-refractivity contribution in [3.63, 3.8) is 0 Å². The highest BCUT2D eigenvalue weighted by atomic mass is 35.5. The van der Waals surface area contributed by atoms with Gasteiger partial charge in [-0.1, -0.05) is 11.6 Å². The molecule has 0 bridgehead atoms. The highest BCUT2D eigenvalue weighted by Gasteiger charge is 2.10. The second-order valence-corrected chi connectivity index (χ2v) is 4.76. The van der Waals surface area contributed by atoms with E-state index in [9.17, 15) is 5.26 Å². The first-order valence-electron chi connectivity index (χ1n) is 6.04. The third kappa shape index (κ3) is 2.84. The van der Waals surface area contributed by atoms with Gasteiger partial charge in [0.1, 0.15) is 11.8 Å². The van der Waals surface area contributed by atoms with Gasteiger partial charge in [0.2, 0.25) is 0 Å². The van der Waals surface area contributed by atoms with Crippen molar-refractivity contribution in [3.8, 4) is 11.8 Å². The van der Waals surface area contributed by atoms with E-state index in [1.54, 1.807) is 25.3 Å². The highest BCUT2D eigenvalue weighted by Crippen LogP contribution is 2.31. The number of nitriles is 1. The summed E-state index contributed by atoms with van der Waals surface area (Å²) in [4.78, 5) is 4.28. The molecule has 0 radical (unpaired) electrons. The third-order valence-corrected chi connectivity index (χ3v) is 3.21. The first-order valence-corrected chi connectivity index (χ1v) is 6.42. The fraction of sp³-hybridized carbons (Fsp3) is 0.200. The summed E-state index contributed by atoms with van der Waals surface area (Å²) in [5.74, 6) is 0.693. The number of nitrogens with one attached hydrogen (secondary N) is 1. The van der Waals surface area contributed by atoms with E-state index in [4.69, 9.17) is 16.3 Å². The summed E-state index contributed by atoms with van der Waals surface area (Å²) >= 11 is 6.16. The number of aromatic nitrogens is 1. The van der Waals surface area contributed by atoms with Crippen LogP contribution in [0.4, 0.5) is 11.4 Å². The maximum absolute atomic E-state index is 9.25. The number of hydrogen-bond donors (Lipinski definition) is 1. The summed E-state index contributed by atoms with van der Waals surface area (Å²) in [7, 11) is 1.59. The Labute approximate surface area is 123 Å². The molecule has 20 heavy (non-hydrogen) atoms. The van der Waals surface area contributed by atoms with Gasteiger partial charge in [-0.15, -0.1) is 0 Å². The molecule has 5 heteroatoms. The summed E-state index contributed by atoms with van der Waals surface area (Å²) in [5.41, 5.74) is 3.41. The first-order chi connectivity index (χ1) is 9.55. The summed E-state index contributed by atoms with van der Waals surface area (Å²) in [5, 5.41) is 13.0. The van der Waals surface area contributed by atoms with Crippen molar-refractivity contribution in [1.29, 1.82) is 5.26 Å². The fourth-order valence-electron chi connectivity index (χ4n) is 1.94. The summed E-state index contributed by atoms with van der Waals surface area (Å²) in [6.07, 6.45) is 0. The van der Waals surface area contributed by atoms with Crippen molar-refractivity contribution in [1.82, 2.24) is 4.98 Å². The molecule has 0 aliphatic heterocycles. The molecule has 0 saturated heterocycles. The lowest BCUT2D eigenvalue weighted by atomic mass is 10.1. The molecule has 0 aliphatic rings. The quantitative estimate of drug-likeness (QED) is 0.928. The molecule has 0 spiro atoms. The van der Waals surface area contributed by atoms with E-state index >= 15 is 0 Å². The lowest BCUT2D eigenvalue weighted by molar-refractivity contribution is 0.415. The minimum Gasteiger partial charge on any atom is -0.497 e. The van der Waals surface area contributed by atoms with Crippen LogP contribution in [0.15, 0.2) is 24.3 Å².